The van der Waals surface area contributed by atoms with Crippen LogP contribution < -0.4 is 0 Å². The van der Waals surface area contributed by atoms with Crippen LogP contribution in [-0.4, -0.2) is 16.7 Å². The number of aromatic hydroxyl groups is 1. The highest BCUT2D eigenvalue weighted by molar-refractivity contribution is 6.30. The van der Waals surface area contributed by atoms with Crippen molar-refractivity contribution in [3.05, 3.63) is 160 Å². The monoisotopic (exact) mass is 578 g/mol. The van der Waals surface area contributed by atoms with Crippen LogP contribution in [0.15, 0.2) is 127 Å². The zero-order valence-electron chi connectivity index (χ0n) is 23.4. The molecule has 0 unspecified atom stereocenters. The normalized spacial score (nSPS) is 11.6. The number of phenolic OH excluding ortho intramolecular Hbond substituents is 1. The summed E-state index contributed by atoms with van der Waals surface area (Å²) >= 11 is 6.18. The average Bonchev–Trinajstić information content (AvgIpc) is 3.02. The molecule has 0 saturated heterocycles. The van der Waals surface area contributed by atoms with Gasteiger partial charge in [-0.1, -0.05) is 109 Å². The lowest BCUT2D eigenvalue weighted by Gasteiger charge is -2.17. The first-order chi connectivity index (χ1) is 20.9. The molecule has 6 aromatic rings. The van der Waals surface area contributed by atoms with Crippen molar-refractivity contribution in [2.45, 2.75) is 6.92 Å². The van der Waals surface area contributed by atoms with Crippen LogP contribution in [0.2, 0.25) is 5.02 Å². The number of rotatable bonds is 7. The van der Waals surface area contributed by atoms with Crippen molar-refractivity contribution in [1.82, 2.24) is 0 Å². The number of hydrogen-bond donors (Lipinski definition) is 1. The Labute approximate surface area is 255 Å². The van der Waals surface area contributed by atoms with Crippen molar-refractivity contribution in [3.63, 3.8) is 0 Å². The van der Waals surface area contributed by atoms with E-state index in [2.05, 4.69) is 0 Å². The maximum Gasteiger partial charge on any atom is 0.190 e. The molecule has 6 aromatic carbocycles. The Morgan fingerprint density at radius 3 is 1.63 bits per heavy atom. The van der Waals surface area contributed by atoms with Gasteiger partial charge in [0.1, 0.15) is 5.75 Å². The molecule has 0 atom stereocenters. The molecule has 4 heteroatoms. The molecule has 0 spiro atoms. The second-order valence-corrected chi connectivity index (χ2v) is 10.9. The van der Waals surface area contributed by atoms with Crippen molar-refractivity contribution >= 4 is 56.9 Å². The number of aryl methyl sites for hydroxylation is 1. The summed E-state index contributed by atoms with van der Waals surface area (Å²) in [6.07, 6.45) is 6.45. The number of halogens is 1. The fourth-order valence-corrected chi connectivity index (χ4v) is 5.53. The van der Waals surface area contributed by atoms with Crippen molar-refractivity contribution in [2.24, 2.45) is 0 Å². The molecule has 0 heterocycles. The minimum atomic E-state index is -0.414. The van der Waals surface area contributed by atoms with E-state index in [0.29, 0.717) is 27.3 Å². The molecular formula is C39H27ClO3. The predicted molar refractivity (Wildman–Crippen MR) is 178 cm³/mol. The van der Waals surface area contributed by atoms with Crippen LogP contribution in [0.1, 0.15) is 37.4 Å². The number of hydrogen-bond acceptors (Lipinski definition) is 3. The van der Waals surface area contributed by atoms with Gasteiger partial charge in [-0.25, -0.2) is 0 Å². The van der Waals surface area contributed by atoms with Crippen LogP contribution in [0.25, 0.3) is 44.8 Å². The Bertz CT molecular complexity index is 1960. The van der Waals surface area contributed by atoms with Gasteiger partial charge in [0, 0.05) is 16.1 Å². The molecule has 0 amide bonds. The van der Waals surface area contributed by atoms with E-state index in [0.717, 1.165) is 32.7 Å². The minimum Gasteiger partial charge on any atom is -0.507 e. The molecule has 0 aromatic heterocycles. The standard InChI is InChI=1S/C39H27ClO3/c1-25-22-36(43)39(35(42)21-13-27-11-15-29-7-3-5-9-32(29)24-27)38(30-16-18-33(40)19-17-30)37(25)34(41)20-12-26-10-14-28-6-2-4-8-31(28)23-26/h2-24,43H,1H3/b20-12+,21-13+. The third-order valence-electron chi connectivity index (χ3n) is 7.53. The van der Waals surface area contributed by atoms with Crippen LogP contribution in [0.5, 0.6) is 5.75 Å². The molecule has 0 aliphatic heterocycles. The second kappa shape index (κ2) is 11.9. The van der Waals surface area contributed by atoms with Gasteiger partial charge in [-0.15, -0.1) is 0 Å². The number of carbonyl (C=O) groups excluding carboxylic acids is 2. The zero-order valence-corrected chi connectivity index (χ0v) is 24.2. The predicted octanol–water partition coefficient (Wildman–Crippen LogP) is 10.1. The van der Waals surface area contributed by atoms with Gasteiger partial charge in [0.15, 0.2) is 11.6 Å². The third-order valence-corrected chi connectivity index (χ3v) is 7.78. The highest BCUT2D eigenvalue weighted by Crippen LogP contribution is 2.38. The largest absolute Gasteiger partial charge is 0.507 e. The molecule has 0 fully saturated rings. The van der Waals surface area contributed by atoms with Crippen LogP contribution in [0, 0.1) is 6.92 Å². The van der Waals surface area contributed by atoms with E-state index < -0.39 is 5.78 Å². The summed E-state index contributed by atoms with van der Waals surface area (Å²) in [5, 5.41) is 16.0. The summed E-state index contributed by atoms with van der Waals surface area (Å²) < 4.78 is 0. The number of carbonyl (C=O) groups is 2. The molecule has 208 valence electrons. The Kier molecular flexibility index (Phi) is 7.74. The molecule has 0 bridgehead atoms. The number of ketones is 2. The van der Waals surface area contributed by atoms with E-state index in [9.17, 15) is 14.7 Å². The van der Waals surface area contributed by atoms with Gasteiger partial charge in [0.05, 0.1) is 5.56 Å². The van der Waals surface area contributed by atoms with Crippen molar-refractivity contribution in [2.75, 3.05) is 0 Å². The highest BCUT2D eigenvalue weighted by Gasteiger charge is 2.24. The first-order valence-electron chi connectivity index (χ1n) is 13.9. The number of phenols is 1. The smallest absolute Gasteiger partial charge is 0.190 e. The molecule has 0 radical (unpaired) electrons. The summed E-state index contributed by atoms with van der Waals surface area (Å²) in [4.78, 5) is 27.6. The zero-order chi connectivity index (χ0) is 29.9. The molecule has 0 saturated carbocycles. The van der Waals surface area contributed by atoms with Gasteiger partial charge < -0.3 is 5.11 Å². The quantitative estimate of drug-likeness (QED) is 0.151. The molecule has 43 heavy (non-hydrogen) atoms. The lowest BCUT2D eigenvalue weighted by atomic mass is 9.86. The third kappa shape index (κ3) is 5.90. The van der Waals surface area contributed by atoms with Crippen LogP contribution >= 0.6 is 11.6 Å². The van der Waals surface area contributed by atoms with Crippen molar-refractivity contribution in [1.29, 1.82) is 0 Å². The van der Waals surface area contributed by atoms with Gasteiger partial charge >= 0.3 is 0 Å². The Morgan fingerprint density at radius 2 is 1.09 bits per heavy atom. The Hall–Kier alpha value is -5.25. The number of benzene rings is 6. The van der Waals surface area contributed by atoms with Crippen LogP contribution in [0.3, 0.4) is 0 Å². The summed E-state index contributed by atoms with van der Waals surface area (Å²) in [5.74, 6) is -0.878. The topological polar surface area (TPSA) is 54.4 Å². The number of fused-ring (bicyclic) bond motifs is 2. The lowest BCUT2D eigenvalue weighted by molar-refractivity contribution is 0.104. The summed E-state index contributed by atoms with van der Waals surface area (Å²) in [7, 11) is 0. The Balaban J connectivity index is 1.42. The van der Waals surface area contributed by atoms with Gasteiger partial charge in [-0.05, 0) is 93.2 Å². The lowest BCUT2D eigenvalue weighted by Crippen LogP contribution is -2.08. The van der Waals surface area contributed by atoms with E-state index >= 15 is 0 Å². The van der Waals surface area contributed by atoms with E-state index in [4.69, 9.17) is 11.6 Å². The average molecular weight is 579 g/mol. The molecular weight excluding hydrogens is 552 g/mol. The second-order valence-electron chi connectivity index (χ2n) is 10.5. The maximum absolute atomic E-state index is 13.8. The van der Waals surface area contributed by atoms with Crippen molar-refractivity contribution < 1.29 is 14.7 Å². The van der Waals surface area contributed by atoms with Gasteiger partial charge in [-0.2, -0.15) is 0 Å². The van der Waals surface area contributed by atoms with Gasteiger partial charge in [0.2, 0.25) is 0 Å². The molecule has 1 N–H and O–H groups in total. The van der Waals surface area contributed by atoms with E-state index in [1.165, 1.54) is 18.2 Å². The van der Waals surface area contributed by atoms with E-state index in [1.807, 2.05) is 84.9 Å². The van der Waals surface area contributed by atoms with Gasteiger partial charge in [-0.3, -0.25) is 9.59 Å². The van der Waals surface area contributed by atoms with Crippen LogP contribution in [-0.2, 0) is 0 Å². The van der Waals surface area contributed by atoms with Crippen molar-refractivity contribution in [3.8, 4) is 16.9 Å². The van der Waals surface area contributed by atoms with Crippen LogP contribution in [0.4, 0.5) is 0 Å². The summed E-state index contributed by atoms with van der Waals surface area (Å²) in [5.41, 5.74) is 3.67. The SMILES string of the molecule is Cc1cc(O)c(C(=O)/C=C/c2ccc3ccccc3c2)c(-c2ccc(Cl)cc2)c1C(=O)/C=C/c1ccc2ccccc2c1. The van der Waals surface area contributed by atoms with E-state index in [-0.39, 0.29) is 17.1 Å². The van der Waals surface area contributed by atoms with Gasteiger partial charge in [0.25, 0.3) is 0 Å². The fraction of sp³-hybridized carbons (Fsp3) is 0.0256. The molecule has 0 aliphatic rings. The Morgan fingerprint density at radius 1 is 0.605 bits per heavy atom. The van der Waals surface area contributed by atoms with E-state index in [1.54, 1.807) is 43.3 Å². The molecule has 0 aliphatic carbocycles. The highest BCUT2D eigenvalue weighted by atomic mass is 35.5. The molecule has 3 nitrogen and oxygen atoms in total. The summed E-state index contributed by atoms with van der Waals surface area (Å²) in [6.45, 7) is 1.76. The first kappa shape index (κ1) is 27.9. The molecule has 6 rings (SSSR count). The first-order valence-corrected chi connectivity index (χ1v) is 14.3. The minimum absolute atomic E-state index is 0.0624. The summed E-state index contributed by atoms with van der Waals surface area (Å²) in [6, 6.07) is 36.4. The number of allylic oxidation sites excluding steroid dienone is 2. The fourth-order valence-electron chi connectivity index (χ4n) is 5.41. The maximum atomic E-state index is 13.8.